The minimum Gasteiger partial charge on any atom is -0.484 e. The van der Waals surface area contributed by atoms with Crippen LogP contribution in [0.2, 0.25) is 0 Å². The van der Waals surface area contributed by atoms with Gasteiger partial charge in [-0.3, -0.25) is 9.78 Å². The molecule has 2 aromatic carbocycles. The summed E-state index contributed by atoms with van der Waals surface area (Å²) in [6, 6.07) is 22.1. The number of likely N-dealkylation sites (tertiary alicyclic amines) is 1. The van der Waals surface area contributed by atoms with Crippen molar-refractivity contribution >= 4 is 5.91 Å². The van der Waals surface area contributed by atoms with Crippen LogP contribution in [0, 0.1) is 5.82 Å². The molecular formula is C25H25FN2O2. The van der Waals surface area contributed by atoms with Gasteiger partial charge in [-0.05, 0) is 48.7 Å². The number of rotatable bonds is 6. The van der Waals surface area contributed by atoms with E-state index >= 15 is 0 Å². The number of carbonyl (C=O) groups is 1. The van der Waals surface area contributed by atoms with Crippen LogP contribution in [-0.4, -0.2) is 35.5 Å². The van der Waals surface area contributed by atoms with Gasteiger partial charge in [0, 0.05) is 36.8 Å². The first-order valence-electron chi connectivity index (χ1n) is 10.3. The number of hydrogen-bond acceptors (Lipinski definition) is 3. The molecule has 1 atom stereocenters. The summed E-state index contributed by atoms with van der Waals surface area (Å²) in [6.07, 6.45) is 2.38. The SMILES string of the molecule is O=C(COc1ccccc1)N1CCCC(c2cccc(Cc3ccccc3F)n2)C1. The molecule has 2 heterocycles. The lowest BCUT2D eigenvalue weighted by atomic mass is 9.94. The fourth-order valence-electron chi connectivity index (χ4n) is 3.86. The zero-order valence-electron chi connectivity index (χ0n) is 16.8. The fraction of sp³-hybridized carbons (Fsp3) is 0.280. The van der Waals surface area contributed by atoms with Gasteiger partial charge in [0.2, 0.25) is 0 Å². The zero-order valence-corrected chi connectivity index (χ0v) is 16.8. The van der Waals surface area contributed by atoms with Crippen molar-refractivity contribution in [3.05, 3.63) is 95.6 Å². The number of carbonyl (C=O) groups excluding carboxylic acids is 1. The number of nitrogens with zero attached hydrogens (tertiary/aromatic N) is 2. The Morgan fingerprint density at radius 1 is 1.03 bits per heavy atom. The Hall–Kier alpha value is -3.21. The standard InChI is InChI=1S/C25H25FN2O2/c26-23-13-5-4-8-19(23)16-21-10-6-14-24(27-21)20-9-7-15-28(17-20)25(29)18-30-22-11-2-1-3-12-22/h1-6,8,10-14,20H,7,9,15-18H2. The van der Waals surface area contributed by atoms with E-state index in [9.17, 15) is 9.18 Å². The lowest BCUT2D eigenvalue weighted by Gasteiger charge is -2.32. The molecule has 5 heteroatoms. The van der Waals surface area contributed by atoms with E-state index < -0.39 is 0 Å². The van der Waals surface area contributed by atoms with Gasteiger partial charge in [0.05, 0.1) is 0 Å². The number of benzene rings is 2. The van der Waals surface area contributed by atoms with Gasteiger partial charge in [-0.1, -0.05) is 42.5 Å². The quantitative estimate of drug-likeness (QED) is 0.603. The molecule has 1 amide bonds. The van der Waals surface area contributed by atoms with Crippen molar-refractivity contribution in [2.45, 2.75) is 25.2 Å². The van der Waals surface area contributed by atoms with E-state index in [0.717, 1.165) is 30.8 Å². The topological polar surface area (TPSA) is 42.4 Å². The number of pyridine rings is 1. The number of amides is 1. The maximum Gasteiger partial charge on any atom is 0.260 e. The molecule has 1 fully saturated rings. The van der Waals surface area contributed by atoms with E-state index in [1.54, 1.807) is 12.1 Å². The van der Waals surface area contributed by atoms with Crippen LogP contribution in [0.4, 0.5) is 4.39 Å². The lowest BCUT2D eigenvalue weighted by molar-refractivity contribution is -0.134. The molecule has 1 aromatic heterocycles. The molecule has 1 aliphatic rings. The molecule has 0 spiro atoms. The van der Waals surface area contributed by atoms with Gasteiger partial charge >= 0.3 is 0 Å². The largest absolute Gasteiger partial charge is 0.484 e. The molecule has 4 nitrogen and oxygen atoms in total. The summed E-state index contributed by atoms with van der Waals surface area (Å²) in [5.74, 6) is 0.658. The van der Waals surface area contributed by atoms with Gasteiger partial charge in [-0.15, -0.1) is 0 Å². The number of hydrogen-bond donors (Lipinski definition) is 0. The van der Waals surface area contributed by atoms with Crippen molar-refractivity contribution in [1.29, 1.82) is 0 Å². The Balaban J connectivity index is 1.39. The minimum atomic E-state index is -0.211. The number of aromatic nitrogens is 1. The summed E-state index contributed by atoms with van der Waals surface area (Å²) < 4.78 is 19.6. The third kappa shape index (κ3) is 5.03. The predicted octanol–water partition coefficient (Wildman–Crippen LogP) is 4.60. The normalized spacial score (nSPS) is 16.3. The monoisotopic (exact) mass is 404 g/mol. The Labute approximate surface area is 176 Å². The van der Waals surface area contributed by atoms with Crippen LogP contribution in [-0.2, 0) is 11.2 Å². The molecule has 154 valence electrons. The highest BCUT2D eigenvalue weighted by atomic mass is 19.1. The molecule has 0 N–H and O–H groups in total. The van der Waals surface area contributed by atoms with Gasteiger partial charge in [-0.2, -0.15) is 0 Å². The van der Waals surface area contributed by atoms with Crippen LogP contribution in [0.15, 0.2) is 72.8 Å². The minimum absolute atomic E-state index is 0.00827. The van der Waals surface area contributed by atoms with Crippen molar-refractivity contribution in [2.75, 3.05) is 19.7 Å². The molecule has 0 aliphatic carbocycles. The zero-order chi connectivity index (χ0) is 20.8. The van der Waals surface area contributed by atoms with Crippen LogP contribution in [0.1, 0.15) is 35.7 Å². The number of piperidine rings is 1. The average Bonchev–Trinajstić information content (AvgIpc) is 2.80. The van der Waals surface area contributed by atoms with Crippen molar-refractivity contribution in [1.82, 2.24) is 9.88 Å². The van der Waals surface area contributed by atoms with Crippen molar-refractivity contribution < 1.29 is 13.9 Å². The molecule has 3 aromatic rings. The third-order valence-electron chi connectivity index (χ3n) is 5.46. The van der Waals surface area contributed by atoms with Gasteiger partial charge < -0.3 is 9.64 Å². The molecule has 0 saturated carbocycles. The third-order valence-corrected chi connectivity index (χ3v) is 5.46. The Kier molecular flexibility index (Phi) is 6.38. The molecule has 1 aliphatic heterocycles. The first-order chi connectivity index (χ1) is 14.7. The summed E-state index contributed by atoms with van der Waals surface area (Å²) in [5, 5.41) is 0. The maximum absolute atomic E-state index is 14.0. The van der Waals surface area contributed by atoms with E-state index in [1.165, 1.54) is 6.07 Å². The molecule has 1 saturated heterocycles. The number of para-hydroxylation sites is 1. The molecule has 0 bridgehead atoms. The average molecular weight is 404 g/mol. The highest BCUT2D eigenvalue weighted by molar-refractivity contribution is 5.78. The highest BCUT2D eigenvalue weighted by Gasteiger charge is 2.26. The van der Waals surface area contributed by atoms with Crippen molar-refractivity contribution in [3.8, 4) is 5.75 Å². The van der Waals surface area contributed by atoms with Gasteiger partial charge in [0.15, 0.2) is 6.61 Å². The predicted molar refractivity (Wildman–Crippen MR) is 114 cm³/mol. The summed E-state index contributed by atoms with van der Waals surface area (Å²) in [7, 11) is 0. The molecule has 4 rings (SSSR count). The maximum atomic E-state index is 14.0. The van der Waals surface area contributed by atoms with E-state index in [-0.39, 0.29) is 24.2 Å². The van der Waals surface area contributed by atoms with Crippen LogP contribution in [0.3, 0.4) is 0 Å². The fourth-order valence-corrected chi connectivity index (χ4v) is 3.86. The van der Waals surface area contributed by atoms with Crippen LogP contribution < -0.4 is 4.74 Å². The van der Waals surface area contributed by atoms with E-state index in [1.807, 2.05) is 59.5 Å². The van der Waals surface area contributed by atoms with Gasteiger partial charge in [0.25, 0.3) is 5.91 Å². The van der Waals surface area contributed by atoms with E-state index in [0.29, 0.717) is 24.3 Å². The molecule has 30 heavy (non-hydrogen) atoms. The van der Waals surface area contributed by atoms with Crippen molar-refractivity contribution in [3.63, 3.8) is 0 Å². The second-order valence-electron chi connectivity index (χ2n) is 7.60. The lowest BCUT2D eigenvalue weighted by Crippen LogP contribution is -2.41. The van der Waals surface area contributed by atoms with E-state index in [2.05, 4.69) is 0 Å². The molecular weight excluding hydrogens is 379 g/mol. The summed E-state index contributed by atoms with van der Waals surface area (Å²) in [4.78, 5) is 19.3. The Morgan fingerprint density at radius 3 is 2.67 bits per heavy atom. The Bertz CT molecular complexity index is 993. The van der Waals surface area contributed by atoms with Crippen LogP contribution in [0.25, 0.3) is 0 Å². The first kappa shape index (κ1) is 20.1. The second kappa shape index (κ2) is 9.53. The van der Waals surface area contributed by atoms with Gasteiger partial charge in [0.1, 0.15) is 11.6 Å². The van der Waals surface area contributed by atoms with Crippen LogP contribution >= 0.6 is 0 Å². The number of ether oxygens (including phenoxy) is 1. The van der Waals surface area contributed by atoms with Crippen LogP contribution in [0.5, 0.6) is 5.75 Å². The summed E-state index contributed by atoms with van der Waals surface area (Å²) >= 11 is 0. The summed E-state index contributed by atoms with van der Waals surface area (Å²) in [6.45, 7) is 1.41. The van der Waals surface area contributed by atoms with Gasteiger partial charge in [-0.25, -0.2) is 4.39 Å². The molecule has 1 unspecified atom stereocenters. The first-order valence-corrected chi connectivity index (χ1v) is 10.3. The number of halogens is 1. The smallest absolute Gasteiger partial charge is 0.260 e. The highest BCUT2D eigenvalue weighted by Crippen LogP contribution is 2.26. The van der Waals surface area contributed by atoms with E-state index in [4.69, 9.17) is 9.72 Å². The second-order valence-corrected chi connectivity index (χ2v) is 7.60. The van der Waals surface area contributed by atoms with Crippen molar-refractivity contribution in [2.24, 2.45) is 0 Å². The molecule has 0 radical (unpaired) electrons. The Morgan fingerprint density at radius 2 is 1.83 bits per heavy atom. The summed E-state index contributed by atoms with van der Waals surface area (Å²) in [5.41, 5.74) is 2.44.